The van der Waals surface area contributed by atoms with Gasteiger partial charge >= 0.3 is 0 Å². The van der Waals surface area contributed by atoms with Crippen LogP contribution in [0.5, 0.6) is 0 Å². The summed E-state index contributed by atoms with van der Waals surface area (Å²) >= 11 is 0. The number of benzene rings is 1. The first-order valence-corrected chi connectivity index (χ1v) is 9.15. The number of aryl methyl sites for hydroxylation is 1. The number of hydrogen-bond acceptors (Lipinski definition) is 3. The fourth-order valence-electron chi connectivity index (χ4n) is 3.69. The van der Waals surface area contributed by atoms with Crippen molar-refractivity contribution >= 4 is 10.0 Å². The van der Waals surface area contributed by atoms with Gasteiger partial charge in [-0.3, -0.25) is 0 Å². The molecular formula is C16H23NO3S. The zero-order valence-electron chi connectivity index (χ0n) is 12.7. The van der Waals surface area contributed by atoms with Crippen molar-refractivity contribution < 1.29 is 13.2 Å². The average molecular weight is 309 g/mol. The van der Waals surface area contributed by atoms with E-state index in [4.69, 9.17) is 4.74 Å². The molecule has 0 N–H and O–H groups in total. The molecule has 2 unspecified atom stereocenters. The predicted octanol–water partition coefficient (Wildman–Crippen LogP) is 2.58. The first kappa shape index (κ1) is 15.0. The summed E-state index contributed by atoms with van der Waals surface area (Å²) in [7, 11) is -1.66. The summed E-state index contributed by atoms with van der Waals surface area (Å²) in [5.41, 5.74) is 1.16. The minimum Gasteiger partial charge on any atom is -0.381 e. The van der Waals surface area contributed by atoms with E-state index < -0.39 is 10.0 Å². The summed E-state index contributed by atoms with van der Waals surface area (Å²) in [5.74, 6) is 0. The lowest BCUT2D eigenvalue weighted by Crippen LogP contribution is -2.48. The first-order chi connectivity index (χ1) is 10.1. The summed E-state index contributed by atoms with van der Waals surface area (Å²) in [4.78, 5) is 0.424. The second kappa shape index (κ2) is 5.71. The minimum absolute atomic E-state index is 0.101. The van der Waals surface area contributed by atoms with Crippen LogP contribution in [0.2, 0.25) is 0 Å². The molecule has 0 amide bonds. The second-order valence-electron chi connectivity index (χ2n) is 6.05. The van der Waals surface area contributed by atoms with Gasteiger partial charge in [0.2, 0.25) is 10.0 Å². The highest BCUT2D eigenvalue weighted by Gasteiger charge is 2.47. The number of piperidine rings is 1. The fourth-order valence-corrected chi connectivity index (χ4v) is 5.58. The molecule has 0 saturated carbocycles. The number of hydrogen-bond donors (Lipinski definition) is 0. The van der Waals surface area contributed by atoms with E-state index in [0.717, 1.165) is 37.7 Å². The van der Waals surface area contributed by atoms with Gasteiger partial charge in [-0.2, -0.15) is 4.31 Å². The lowest BCUT2D eigenvalue weighted by Gasteiger charge is -2.37. The topological polar surface area (TPSA) is 46.6 Å². The van der Waals surface area contributed by atoms with Gasteiger partial charge in [0.25, 0.3) is 0 Å². The number of ether oxygens (including phenoxy) is 1. The van der Waals surface area contributed by atoms with Gasteiger partial charge in [-0.25, -0.2) is 8.42 Å². The Morgan fingerprint density at radius 2 is 1.71 bits per heavy atom. The van der Waals surface area contributed by atoms with Crippen LogP contribution in [0.3, 0.4) is 0 Å². The number of rotatable bonds is 4. The van der Waals surface area contributed by atoms with Crippen molar-refractivity contribution in [2.24, 2.45) is 0 Å². The van der Waals surface area contributed by atoms with Gasteiger partial charge in [0, 0.05) is 19.2 Å². The standard InChI is InChI=1S/C16H23NO3S/c1-3-12-4-8-16(9-5-12)21(18,19)17-13-6-7-14(17)11-15(10-13)20-2/h4-5,8-9,13-15H,3,6-7,10-11H2,1-2H3. The van der Waals surface area contributed by atoms with Crippen molar-refractivity contribution in [2.45, 2.75) is 62.1 Å². The van der Waals surface area contributed by atoms with Crippen LogP contribution in [0.1, 0.15) is 38.2 Å². The van der Waals surface area contributed by atoms with Gasteiger partial charge in [-0.1, -0.05) is 19.1 Å². The Bertz CT molecular complexity index is 582. The van der Waals surface area contributed by atoms with Crippen LogP contribution >= 0.6 is 0 Å². The van der Waals surface area contributed by atoms with Crippen LogP contribution < -0.4 is 0 Å². The van der Waals surface area contributed by atoms with Gasteiger partial charge in [0.15, 0.2) is 0 Å². The van der Waals surface area contributed by atoms with Gasteiger partial charge in [0.05, 0.1) is 11.0 Å². The Morgan fingerprint density at radius 1 is 1.14 bits per heavy atom. The quantitative estimate of drug-likeness (QED) is 0.859. The molecule has 2 atom stereocenters. The molecule has 4 nitrogen and oxygen atoms in total. The van der Waals surface area contributed by atoms with E-state index in [2.05, 4.69) is 6.92 Å². The van der Waals surface area contributed by atoms with E-state index in [1.54, 1.807) is 23.5 Å². The predicted molar refractivity (Wildman–Crippen MR) is 81.7 cm³/mol. The fraction of sp³-hybridized carbons (Fsp3) is 0.625. The zero-order valence-corrected chi connectivity index (χ0v) is 13.5. The van der Waals surface area contributed by atoms with Crippen molar-refractivity contribution in [3.8, 4) is 0 Å². The molecule has 116 valence electrons. The van der Waals surface area contributed by atoms with Crippen LogP contribution in [0.4, 0.5) is 0 Å². The van der Waals surface area contributed by atoms with Crippen molar-refractivity contribution in [3.63, 3.8) is 0 Å². The summed E-state index contributed by atoms with van der Waals surface area (Å²) in [5, 5.41) is 0. The lowest BCUT2D eigenvalue weighted by molar-refractivity contribution is 0.0349. The van der Waals surface area contributed by atoms with Crippen molar-refractivity contribution in [1.29, 1.82) is 0 Å². The third-order valence-corrected chi connectivity index (χ3v) is 6.88. The molecule has 0 spiro atoms. The SMILES string of the molecule is CCc1ccc(S(=O)(=O)N2C3CCC2CC(OC)C3)cc1. The van der Waals surface area contributed by atoms with E-state index in [9.17, 15) is 8.42 Å². The Kier molecular flexibility index (Phi) is 4.08. The highest BCUT2D eigenvalue weighted by atomic mass is 32.2. The maximum atomic E-state index is 12.9. The smallest absolute Gasteiger partial charge is 0.243 e. The molecule has 2 fully saturated rings. The van der Waals surface area contributed by atoms with Crippen molar-refractivity contribution in [1.82, 2.24) is 4.31 Å². The van der Waals surface area contributed by atoms with Crippen LogP contribution in [-0.4, -0.2) is 38.0 Å². The summed E-state index contributed by atoms with van der Waals surface area (Å²) in [6, 6.07) is 7.52. The Balaban J connectivity index is 1.88. The van der Waals surface area contributed by atoms with Gasteiger partial charge in [-0.05, 0) is 49.8 Å². The normalized spacial score (nSPS) is 29.7. The molecule has 2 aliphatic rings. The third kappa shape index (κ3) is 2.62. The maximum absolute atomic E-state index is 12.9. The van der Waals surface area contributed by atoms with E-state index in [-0.39, 0.29) is 18.2 Å². The largest absolute Gasteiger partial charge is 0.381 e. The number of methoxy groups -OCH3 is 1. The highest BCUT2D eigenvalue weighted by Crippen LogP contribution is 2.40. The molecule has 3 rings (SSSR count). The van der Waals surface area contributed by atoms with Gasteiger partial charge in [-0.15, -0.1) is 0 Å². The molecule has 2 saturated heterocycles. The molecule has 1 aromatic carbocycles. The Morgan fingerprint density at radius 3 is 2.19 bits per heavy atom. The molecular weight excluding hydrogens is 286 g/mol. The summed E-state index contributed by atoms with van der Waals surface area (Å²) < 4.78 is 33.1. The molecule has 21 heavy (non-hydrogen) atoms. The average Bonchev–Trinajstić information content (AvgIpc) is 2.79. The second-order valence-corrected chi connectivity index (χ2v) is 7.89. The first-order valence-electron chi connectivity index (χ1n) is 7.71. The molecule has 5 heteroatoms. The molecule has 2 heterocycles. The molecule has 0 aromatic heterocycles. The maximum Gasteiger partial charge on any atom is 0.243 e. The molecule has 1 aromatic rings. The number of sulfonamides is 1. The Labute approximate surface area is 127 Å². The molecule has 0 radical (unpaired) electrons. The highest BCUT2D eigenvalue weighted by molar-refractivity contribution is 7.89. The van der Waals surface area contributed by atoms with E-state index in [0.29, 0.717) is 4.90 Å². The summed E-state index contributed by atoms with van der Waals surface area (Å²) in [6.45, 7) is 2.07. The van der Waals surface area contributed by atoms with Crippen molar-refractivity contribution in [3.05, 3.63) is 29.8 Å². The van der Waals surface area contributed by atoms with Crippen molar-refractivity contribution in [2.75, 3.05) is 7.11 Å². The minimum atomic E-state index is -3.38. The van der Waals surface area contributed by atoms with Crippen LogP contribution in [0.25, 0.3) is 0 Å². The molecule has 0 aliphatic carbocycles. The van der Waals surface area contributed by atoms with Gasteiger partial charge < -0.3 is 4.74 Å². The van der Waals surface area contributed by atoms with E-state index in [1.165, 1.54) is 0 Å². The number of nitrogens with zero attached hydrogens (tertiary/aromatic N) is 1. The van der Waals surface area contributed by atoms with Gasteiger partial charge in [0.1, 0.15) is 0 Å². The molecule has 2 aliphatic heterocycles. The van der Waals surface area contributed by atoms with E-state index >= 15 is 0 Å². The lowest BCUT2D eigenvalue weighted by atomic mass is 10.0. The zero-order chi connectivity index (χ0) is 15.0. The third-order valence-electron chi connectivity index (χ3n) is 4.86. The van der Waals surface area contributed by atoms with Crippen LogP contribution in [-0.2, 0) is 21.2 Å². The Hall–Kier alpha value is -0.910. The van der Waals surface area contributed by atoms with Crippen LogP contribution in [0.15, 0.2) is 29.2 Å². The molecule has 2 bridgehead atoms. The van der Waals surface area contributed by atoms with E-state index in [1.807, 2.05) is 12.1 Å². The number of fused-ring (bicyclic) bond motifs is 2. The monoisotopic (exact) mass is 309 g/mol. The summed E-state index contributed by atoms with van der Waals surface area (Å²) in [6.07, 6.45) is 4.67. The van der Waals surface area contributed by atoms with Crippen LogP contribution in [0, 0.1) is 0 Å².